The summed E-state index contributed by atoms with van der Waals surface area (Å²) < 4.78 is 80.8. The molecular formula is C21H13F6N5O. The Bertz CT molecular complexity index is 1320. The molecule has 4 aromatic rings. The van der Waals surface area contributed by atoms with E-state index in [1.807, 2.05) is 12.1 Å². The van der Waals surface area contributed by atoms with Crippen molar-refractivity contribution in [3.8, 4) is 11.4 Å². The molecule has 0 saturated heterocycles. The molecule has 4 rings (SSSR count). The molecule has 1 amide bonds. The van der Waals surface area contributed by atoms with Crippen LogP contribution in [0.3, 0.4) is 0 Å². The number of para-hydroxylation sites is 1. The van der Waals surface area contributed by atoms with Crippen molar-refractivity contribution in [1.29, 1.82) is 0 Å². The van der Waals surface area contributed by atoms with Crippen LogP contribution in [0.2, 0.25) is 0 Å². The van der Waals surface area contributed by atoms with Crippen molar-refractivity contribution >= 4 is 23.0 Å². The predicted molar refractivity (Wildman–Crippen MR) is 107 cm³/mol. The maximum atomic E-state index is 13.0. The molecule has 0 atom stereocenters. The minimum absolute atomic E-state index is 0.0235. The van der Waals surface area contributed by atoms with E-state index in [9.17, 15) is 31.1 Å². The molecule has 1 N–H and O–H groups in total. The Labute approximate surface area is 181 Å². The quantitative estimate of drug-likeness (QED) is 0.334. The van der Waals surface area contributed by atoms with Crippen molar-refractivity contribution < 1.29 is 31.1 Å². The van der Waals surface area contributed by atoms with Crippen molar-refractivity contribution in [2.75, 3.05) is 5.43 Å². The first-order valence-electron chi connectivity index (χ1n) is 9.27. The number of nitrogens with zero attached hydrogens (tertiary/aromatic N) is 4. The van der Waals surface area contributed by atoms with Crippen LogP contribution in [0.15, 0.2) is 67.1 Å². The second-order valence-corrected chi connectivity index (χ2v) is 6.88. The van der Waals surface area contributed by atoms with Gasteiger partial charge in [-0.3, -0.25) is 14.9 Å². The standard InChI is InChI=1S/C21H13F6N5O/c22-20(23,24)15-9-14(10-16(11-15)21(25,26)27)19-28-12-31(30-19)7-6-18(33)29-32-8-5-13-3-1-2-4-17(13)32/h1-12H,(H,29,33). The van der Waals surface area contributed by atoms with Crippen LogP contribution in [0.4, 0.5) is 26.3 Å². The number of rotatable bonds is 4. The first-order chi connectivity index (χ1) is 15.5. The number of amides is 1. The van der Waals surface area contributed by atoms with Crippen LogP contribution in [-0.2, 0) is 17.1 Å². The zero-order valence-electron chi connectivity index (χ0n) is 16.4. The van der Waals surface area contributed by atoms with E-state index in [-0.39, 0.29) is 11.9 Å². The fraction of sp³-hybridized carbons (Fsp3) is 0.0952. The van der Waals surface area contributed by atoms with Gasteiger partial charge in [0.1, 0.15) is 6.33 Å². The average Bonchev–Trinajstić information content (AvgIpc) is 3.38. The minimum atomic E-state index is -4.99. The number of alkyl halides is 6. The smallest absolute Gasteiger partial charge is 0.268 e. The van der Waals surface area contributed by atoms with Crippen LogP contribution in [-0.4, -0.2) is 25.3 Å². The molecule has 0 aliphatic carbocycles. The zero-order chi connectivity index (χ0) is 23.8. The van der Waals surface area contributed by atoms with Gasteiger partial charge >= 0.3 is 12.4 Å². The van der Waals surface area contributed by atoms with Crippen LogP contribution >= 0.6 is 0 Å². The van der Waals surface area contributed by atoms with Gasteiger partial charge in [-0.15, -0.1) is 5.10 Å². The van der Waals surface area contributed by atoms with E-state index in [0.29, 0.717) is 12.1 Å². The van der Waals surface area contributed by atoms with Crippen molar-refractivity contribution in [1.82, 2.24) is 19.4 Å². The summed E-state index contributed by atoms with van der Waals surface area (Å²) >= 11 is 0. The fourth-order valence-electron chi connectivity index (χ4n) is 3.04. The Balaban J connectivity index is 1.55. The number of hydrogen-bond donors (Lipinski definition) is 1. The third-order valence-corrected chi connectivity index (χ3v) is 4.56. The lowest BCUT2D eigenvalue weighted by atomic mass is 10.0. The number of halogens is 6. The number of aromatic nitrogens is 4. The van der Waals surface area contributed by atoms with Crippen LogP contribution in [0.5, 0.6) is 0 Å². The molecule has 2 aromatic carbocycles. The highest BCUT2D eigenvalue weighted by Gasteiger charge is 2.37. The summed E-state index contributed by atoms with van der Waals surface area (Å²) in [5.74, 6) is -0.917. The van der Waals surface area contributed by atoms with Crippen molar-refractivity contribution in [3.05, 3.63) is 78.3 Å². The van der Waals surface area contributed by atoms with Gasteiger partial charge in [0.15, 0.2) is 5.82 Å². The molecule has 170 valence electrons. The van der Waals surface area contributed by atoms with Crippen LogP contribution < -0.4 is 5.43 Å². The summed E-state index contributed by atoms with van der Waals surface area (Å²) in [6, 6.07) is 10.2. The van der Waals surface area contributed by atoms with E-state index < -0.39 is 35.0 Å². The van der Waals surface area contributed by atoms with E-state index in [1.54, 1.807) is 24.4 Å². The molecule has 0 fully saturated rings. The molecule has 0 radical (unpaired) electrons. The zero-order valence-corrected chi connectivity index (χ0v) is 16.4. The van der Waals surface area contributed by atoms with E-state index in [0.717, 1.165) is 34.2 Å². The van der Waals surface area contributed by atoms with E-state index in [2.05, 4.69) is 15.5 Å². The van der Waals surface area contributed by atoms with Crippen molar-refractivity contribution in [2.45, 2.75) is 12.4 Å². The number of carbonyl (C=O) groups is 1. The number of carbonyl (C=O) groups excluding carboxylic acids is 1. The summed E-state index contributed by atoms with van der Waals surface area (Å²) in [7, 11) is 0. The van der Waals surface area contributed by atoms with Gasteiger partial charge in [-0.25, -0.2) is 9.67 Å². The SMILES string of the molecule is O=C(C=Cn1cnc(-c2cc(C(F)(F)F)cc(C(F)(F)F)c2)n1)Nn1ccc2ccccc21. The highest BCUT2D eigenvalue weighted by Crippen LogP contribution is 2.38. The van der Waals surface area contributed by atoms with Gasteiger partial charge in [-0.2, -0.15) is 26.3 Å². The third kappa shape index (κ3) is 4.89. The molecule has 0 unspecified atom stereocenters. The molecule has 0 saturated carbocycles. The number of fused-ring (bicyclic) bond motifs is 1. The molecule has 33 heavy (non-hydrogen) atoms. The summed E-state index contributed by atoms with van der Waals surface area (Å²) in [4.78, 5) is 15.9. The first-order valence-corrected chi connectivity index (χ1v) is 9.27. The van der Waals surface area contributed by atoms with Gasteiger partial charge < -0.3 is 0 Å². The summed E-state index contributed by atoms with van der Waals surface area (Å²) in [6.07, 6.45) is -5.03. The lowest BCUT2D eigenvalue weighted by Gasteiger charge is -2.13. The molecule has 0 spiro atoms. The second kappa shape index (κ2) is 8.11. The van der Waals surface area contributed by atoms with Crippen LogP contribution in [0.25, 0.3) is 28.5 Å². The van der Waals surface area contributed by atoms with Crippen LogP contribution in [0, 0.1) is 0 Å². The van der Waals surface area contributed by atoms with E-state index >= 15 is 0 Å². The molecule has 2 aromatic heterocycles. The second-order valence-electron chi connectivity index (χ2n) is 6.88. The fourth-order valence-corrected chi connectivity index (χ4v) is 3.04. The predicted octanol–water partition coefficient (Wildman–Crippen LogP) is 5.18. The largest absolute Gasteiger partial charge is 0.416 e. The third-order valence-electron chi connectivity index (χ3n) is 4.56. The number of benzene rings is 2. The van der Waals surface area contributed by atoms with Gasteiger partial charge in [0, 0.05) is 29.4 Å². The lowest BCUT2D eigenvalue weighted by molar-refractivity contribution is -0.143. The van der Waals surface area contributed by atoms with Gasteiger partial charge in [-0.1, -0.05) is 18.2 Å². The minimum Gasteiger partial charge on any atom is -0.268 e. The molecule has 12 heteroatoms. The van der Waals surface area contributed by atoms with Crippen LogP contribution in [0.1, 0.15) is 11.1 Å². The molecule has 0 aliphatic heterocycles. The van der Waals surface area contributed by atoms with Gasteiger partial charge in [0.25, 0.3) is 5.91 Å². The van der Waals surface area contributed by atoms with Crippen molar-refractivity contribution in [3.63, 3.8) is 0 Å². The Morgan fingerprint density at radius 3 is 2.27 bits per heavy atom. The van der Waals surface area contributed by atoms with Crippen molar-refractivity contribution in [2.24, 2.45) is 0 Å². The summed E-state index contributed by atoms with van der Waals surface area (Å²) in [5, 5.41) is 4.75. The Morgan fingerprint density at radius 2 is 1.61 bits per heavy atom. The summed E-state index contributed by atoms with van der Waals surface area (Å²) in [5.41, 5.74) is -0.0562. The normalized spacial score (nSPS) is 12.5. The molecule has 2 heterocycles. The monoisotopic (exact) mass is 465 g/mol. The van der Waals surface area contributed by atoms with Gasteiger partial charge in [0.2, 0.25) is 0 Å². The summed E-state index contributed by atoms with van der Waals surface area (Å²) in [6.45, 7) is 0. The Kier molecular flexibility index (Phi) is 5.44. The molecule has 6 nitrogen and oxygen atoms in total. The highest BCUT2D eigenvalue weighted by atomic mass is 19.4. The average molecular weight is 465 g/mol. The highest BCUT2D eigenvalue weighted by molar-refractivity contribution is 5.97. The number of nitrogens with one attached hydrogen (secondary N) is 1. The maximum Gasteiger partial charge on any atom is 0.416 e. The molecule has 0 bridgehead atoms. The molecule has 0 aliphatic rings. The van der Waals surface area contributed by atoms with E-state index in [1.165, 1.54) is 4.68 Å². The Hall–Kier alpha value is -4.09. The van der Waals surface area contributed by atoms with E-state index in [4.69, 9.17) is 0 Å². The first kappa shape index (κ1) is 22.1. The maximum absolute atomic E-state index is 13.0. The Morgan fingerprint density at radius 1 is 0.939 bits per heavy atom. The molecular weight excluding hydrogens is 452 g/mol. The van der Waals surface area contributed by atoms with Gasteiger partial charge in [-0.05, 0) is 30.3 Å². The van der Waals surface area contributed by atoms with Gasteiger partial charge in [0.05, 0.1) is 16.6 Å². The topological polar surface area (TPSA) is 64.7 Å². The lowest BCUT2D eigenvalue weighted by Crippen LogP contribution is -2.19. The number of hydrogen-bond acceptors (Lipinski definition) is 3.